The average molecular weight is 464 g/mol. The number of hydrogen-bond acceptors (Lipinski definition) is 5. The number of halogens is 1. The molecule has 8 heteroatoms. The summed E-state index contributed by atoms with van der Waals surface area (Å²) in [5, 5.41) is 0. The van der Waals surface area contributed by atoms with Crippen LogP contribution in [0.15, 0.2) is 42.5 Å². The number of hydrogen-bond donors (Lipinski definition) is 0. The van der Waals surface area contributed by atoms with Crippen molar-refractivity contribution in [1.82, 2.24) is 14.7 Å². The Hall–Kier alpha value is -3.52. The van der Waals surface area contributed by atoms with Crippen molar-refractivity contribution in [2.75, 3.05) is 40.3 Å². The molecule has 0 radical (unpaired) electrons. The second kappa shape index (κ2) is 8.68. The standard InChI is InChI=1S/C26H26FN3O4/c1-28(2)18-9-10-29(15-18)24(31)17-13-30(14-17)25(32)21-11-16(7-8-22(21)27)12-23-19-5-3-4-6-20(19)26(33)34-23/h3-8,11-12,17-18H,9-10,13-15H2,1-2H3. The zero-order chi connectivity index (χ0) is 24.0. The summed E-state index contributed by atoms with van der Waals surface area (Å²) in [6.07, 6.45) is 2.57. The topological polar surface area (TPSA) is 70.2 Å². The molecule has 34 heavy (non-hydrogen) atoms. The first-order valence-corrected chi connectivity index (χ1v) is 11.4. The lowest BCUT2D eigenvalue weighted by atomic mass is 9.96. The molecule has 3 aliphatic heterocycles. The molecule has 1 atom stereocenters. The van der Waals surface area contributed by atoms with E-state index in [2.05, 4.69) is 4.90 Å². The van der Waals surface area contributed by atoms with Crippen LogP contribution in [0.2, 0.25) is 0 Å². The Balaban J connectivity index is 1.27. The Kier molecular flexibility index (Phi) is 5.69. The second-order valence-corrected chi connectivity index (χ2v) is 9.28. The van der Waals surface area contributed by atoms with Gasteiger partial charge in [-0.3, -0.25) is 9.59 Å². The lowest BCUT2D eigenvalue weighted by molar-refractivity contribution is -0.138. The summed E-state index contributed by atoms with van der Waals surface area (Å²) in [4.78, 5) is 43.3. The average Bonchev–Trinajstić information content (AvgIpc) is 3.40. The summed E-state index contributed by atoms with van der Waals surface area (Å²) < 4.78 is 19.9. The molecule has 3 aliphatic rings. The first-order valence-electron chi connectivity index (χ1n) is 11.4. The van der Waals surface area contributed by atoms with Crippen LogP contribution in [0.25, 0.3) is 11.8 Å². The van der Waals surface area contributed by atoms with Crippen LogP contribution in [0, 0.1) is 11.7 Å². The van der Waals surface area contributed by atoms with Crippen LogP contribution in [0.5, 0.6) is 0 Å². The highest BCUT2D eigenvalue weighted by atomic mass is 19.1. The van der Waals surface area contributed by atoms with Gasteiger partial charge in [0.25, 0.3) is 5.91 Å². The van der Waals surface area contributed by atoms with E-state index in [1.165, 1.54) is 23.1 Å². The van der Waals surface area contributed by atoms with Crippen molar-refractivity contribution in [2.24, 2.45) is 5.92 Å². The number of nitrogens with zero attached hydrogens (tertiary/aromatic N) is 3. The number of likely N-dealkylation sites (N-methyl/N-ethyl adjacent to an activating group) is 1. The number of fused-ring (bicyclic) bond motifs is 1. The fourth-order valence-corrected chi connectivity index (χ4v) is 4.73. The monoisotopic (exact) mass is 463 g/mol. The Morgan fingerprint density at radius 3 is 2.50 bits per heavy atom. The Labute approximate surface area is 197 Å². The summed E-state index contributed by atoms with van der Waals surface area (Å²) in [7, 11) is 4.02. The first-order chi connectivity index (χ1) is 16.3. The number of ether oxygens (including phenoxy) is 1. The van der Waals surface area contributed by atoms with Crippen molar-refractivity contribution in [3.8, 4) is 0 Å². The lowest BCUT2D eigenvalue weighted by Gasteiger charge is -2.40. The van der Waals surface area contributed by atoms with Gasteiger partial charge in [-0.25, -0.2) is 9.18 Å². The number of likely N-dealkylation sites (tertiary alicyclic amines) is 2. The third-order valence-corrected chi connectivity index (χ3v) is 6.86. The Morgan fingerprint density at radius 2 is 1.79 bits per heavy atom. The smallest absolute Gasteiger partial charge is 0.344 e. The van der Waals surface area contributed by atoms with Crippen molar-refractivity contribution in [3.63, 3.8) is 0 Å². The maximum Gasteiger partial charge on any atom is 0.344 e. The molecule has 0 spiro atoms. The molecule has 2 saturated heterocycles. The van der Waals surface area contributed by atoms with Gasteiger partial charge in [-0.2, -0.15) is 0 Å². The molecule has 0 bridgehead atoms. The van der Waals surface area contributed by atoms with E-state index in [1.54, 1.807) is 30.3 Å². The van der Waals surface area contributed by atoms with Crippen LogP contribution >= 0.6 is 0 Å². The van der Waals surface area contributed by atoms with Gasteiger partial charge in [0.15, 0.2) is 0 Å². The van der Waals surface area contributed by atoms with Crippen molar-refractivity contribution in [3.05, 3.63) is 70.5 Å². The van der Waals surface area contributed by atoms with E-state index < -0.39 is 17.7 Å². The highest BCUT2D eigenvalue weighted by Crippen LogP contribution is 2.32. The summed E-state index contributed by atoms with van der Waals surface area (Å²) >= 11 is 0. The zero-order valence-corrected chi connectivity index (χ0v) is 19.2. The fourth-order valence-electron chi connectivity index (χ4n) is 4.73. The minimum atomic E-state index is -0.626. The maximum atomic E-state index is 14.5. The molecule has 0 saturated carbocycles. The van der Waals surface area contributed by atoms with Gasteiger partial charge in [-0.1, -0.05) is 24.3 Å². The van der Waals surface area contributed by atoms with Gasteiger partial charge in [0.2, 0.25) is 5.91 Å². The zero-order valence-electron chi connectivity index (χ0n) is 19.2. The highest BCUT2D eigenvalue weighted by Gasteiger charge is 2.40. The second-order valence-electron chi connectivity index (χ2n) is 9.28. The highest BCUT2D eigenvalue weighted by molar-refractivity contribution is 6.06. The third kappa shape index (κ3) is 3.98. The Bertz CT molecular complexity index is 1200. The molecule has 2 fully saturated rings. The summed E-state index contributed by atoms with van der Waals surface area (Å²) in [5.41, 5.74) is 1.61. The molecule has 2 amide bonds. The Morgan fingerprint density at radius 1 is 1.06 bits per heavy atom. The van der Waals surface area contributed by atoms with Crippen LogP contribution < -0.4 is 0 Å². The number of carbonyl (C=O) groups excluding carboxylic acids is 3. The molecule has 176 valence electrons. The van der Waals surface area contributed by atoms with Crippen LogP contribution in [-0.2, 0) is 9.53 Å². The summed E-state index contributed by atoms with van der Waals surface area (Å²) in [5.74, 6) is -1.33. The van der Waals surface area contributed by atoms with E-state index in [0.29, 0.717) is 35.0 Å². The van der Waals surface area contributed by atoms with Gasteiger partial charge in [-0.05, 0) is 50.4 Å². The fraction of sp³-hybridized carbons (Fsp3) is 0.346. The van der Waals surface area contributed by atoms with E-state index in [-0.39, 0.29) is 30.5 Å². The van der Waals surface area contributed by atoms with E-state index in [1.807, 2.05) is 19.0 Å². The first kappa shape index (κ1) is 22.3. The lowest BCUT2D eigenvalue weighted by Crippen LogP contribution is -2.56. The molecular formula is C26H26FN3O4. The van der Waals surface area contributed by atoms with E-state index in [4.69, 9.17) is 4.74 Å². The van der Waals surface area contributed by atoms with E-state index in [9.17, 15) is 18.8 Å². The van der Waals surface area contributed by atoms with Crippen LogP contribution in [0.1, 0.15) is 38.3 Å². The number of rotatable bonds is 4. The molecule has 0 aromatic heterocycles. The van der Waals surface area contributed by atoms with Gasteiger partial charge < -0.3 is 19.4 Å². The van der Waals surface area contributed by atoms with Crippen LogP contribution in [0.3, 0.4) is 0 Å². The molecule has 2 aromatic rings. The van der Waals surface area contributed by atoms with Gasteiger partial charge in [0, 0.05) is 37.8 Å². The molecule has 0 aliphatic carbocycles. The number of carbonyl (C=O) groups is 3. The van der Waals surface area contributed by atoms with Gasteiger partial charge in [0.1, 0.15) is 11.6 Å². The van der Waals surface area contributed by atoms with Crippen molar-refractivity contribution in [2.45, 2.75) is 12.5 Å². The number of esters is 1. The largest absolute Gasteiger partial charge is 0.422 e. The van der Waals surface area contributed by atoms with Gasteiger partial charge in [-0.15, -0.1) is 0 Å². The summed E-state index contributed by atoms with van der Waals surface area (Å²) in [6.45, 7) is 2.01. The SMILES string of the molecule is CN(C)C1CCN(C(=O)C2CN(C(=O)c3cc(C=C4OC(=O)c5ccccc54)ccc3F)C2)C1. The van der Waals surface area contributed by atoms with Crippen molar-refractivity contribution in [1.29, 1.82) is 0 Å². The molecular weight excluding hydrogens is 437 g/mol. The predicted octanol–water partition coefficient (Wildman–Crippen LogP) is 2.73. The molecule has 3 heterocycles. The van der Waals surface area contributed by atoms with E-state index >= 15 is 0 Å². The van der Waals surface area contributed by atoms with Gasteiger partial charge in [0.05, 0.1) is 17.0 Å². The third-order valence-electron chi connectivity index (χ3n) is 6.86. The number of cyclic esters (lactones) is 1. The predicted molar refractivity (Wildman–Crippen MR) is 124 cm³/mol. The normalized spacial score (nSPS) is 21.1. The molecule has 2 aromatic carbocycles. The minimum absolute atomic E-state index is 0.0632. The van der Waals surface area contributed by atoms with Crippen LogP contribution in [-0.4, -0.2) is 78.8 Å². The van der Waals surface area contributed by atoms with Gasteiger partial charge >= 0.3 is 5.97 Å². The van der Waals surface area contributed by atoms with Crippen molar-refractivity contribution < 1.29 is 23.5 Å². The van der Waals surface area contributed by atoms with Crippen LogP contribution in [0.4, 0.5) is 4.39 Å². The molecule has 7 nitrogen and oxygen atoms in total. The van der Waals surface area contributed by atoms with Crippen molar-refractivity contribution >= 4 is 29.6 Å². The molecule has 0 N–H and O–H groups in total. The minimum Gasteiger partial charge on any atom is -0.422 e. The number of benzene rings is 2. The van der Waals surface area contributed by atoms with E-state index in [0.717, 1.165) is 13.0 Å². The summed E-state index contributed by atoms with van der Waals surface area (Å²) in [6, 6.07) is 11.6. The molecule has 1 unspecified atom stereocenters. The quantitative estimate of drug-likeness (QED) is 0.653. The number of amides is 2. The molecule has 5 rings (SSSR count). The maximum absolute atomic E-state index is 14.5.